The van der Waals surface area contributed by atoms with Crippen LogP contribution < -0.4 is 11.3 Å². The molecule has 0 radical (unpaired) electrons. The molecule has 3 nitrogen and oxygen atoms in total. The number of hydrogen-bond donors (Lipinski definition) is 2. The highest BCUT2D eigenvalue weighted by Gasteiger charge is 2.22. The van der Waals surface area contributed by atoms with E-state index < -0.39 is 0 Å². The minimum absolute atomic E-state index is 0.0596. The van der Waals surface area contributed by atoms with Gasteiger partial charge in [0.15, 0.2) is 0 Å². The molecule has 0 aromatic heterocycles. The van der Waals surface area contributed by atoms with E-state index in [0.29, 0.717) is 17.0 Å². The normalized spacial score (nSPS) is 14.5. The van der Waals surface area contributed by atoms with Crippen LogP contribution in [0.25, 0.3) is 0 Å². The summed E-state index contributed by atoms with van der Waals surface area (Å²) >= 11 is 6.01. The van der Waals surface area contributed by atoms with E-state index in [1.165, 1.54) is 6.07 Å². The predicted molar refractivity (Wildman–Crippen MR) is 71.9 cm³/mol. The Kier molecular flexibility index (Phi) is 6.57. The van der Waals surface area contributed by atoms with Crippen molar-refractivity contribution in [2.24, 2.45) is 5.84 Å². The molecule has 102 valence electrons. The maximum absolute atomic E-state index is 13.7. The van der Waals surface area contributed by atoms with E-state index in [2.05, 4.69) is 12.3 Å². The molecule has 0 aliphatic carbocycles. The third-order valence-electron chi connectivity index (χ3n) is 3.02. The van der Waals surface area contributed by atoms with E-state index in [0.717, 1.165) is 12.8 Å². The van der Waals surface area contributed by atoms with Crippen molar-refractivity contribution in [2.75, 3.05) is 7.11 Å². The van der Waals surface area contributed by atoms with Crippen LogP contribution >= 0.6 is 11.6 Å². The number of methoxy groups -OCH3 is 1. The highest BCUT2D eigenvalue weighted by molar-refractivity contribution is 6.31. The molecule has 1 rings (SSSR count). The monoisotopic (exact) mass is 274 g/mol. The van der Waals surface area contributed by atoms with Gasteiger partial charge < -0.3 is 4.74 Å². The number of benzene rings is 1. The Morgan fingerprint density at radius 1 is 1.50 bits per heavy atom. The SMILES string of the molecule is CCCC(OC)C(Cc1c(F)cccc1Cl)NN. The average Bonchev–Trinajstić information content (AvgIpc) is 2.36. The molecule has 0 fully saturated rings. The summed E-state index contributed by atoms with van der Waals surface area (Å²) in [4.78, 5) is 0. The minimum atomic E-state index is -0.311. The van der Waals surface area contributed by atoms with Crippen LogP contribution in [-0.2, 0) is 11.2 Å². The van der Waals surface area contributed by atoms with E-state index in [-0.39, 0.29) is 18.0 Å². The summed E-state index contributed by atoms with van der Waals surface area (Å²) in [5.41, 5.74) is 3.16. The van der Waals surface area contributed by atoms with Crippen LogP contribution in [0, 0.1) is 5.82 Å². The average molecular weight is 275 g/mol. The number of hydrazine groups is 1. The molecule has 2 atom stereocenters. The van der Waals surface area contributed by atoms with Gasteiger partial charge in [0.2, 0.25) is 0 Å². The summed E-state index contributed by atoms with van der Waals surface area (Å²) in [5.74, 6) is 5.22. The second-order valence-corrected chi connectivity index (χ2v) is 4.65. The third kappa shape index (κ3) is 3.92. The zero-order valence-electron chi connectivity index (χ0n) is 10.7. The fourth-order valence-electron chi connectivity index (χ4n) is 2.01. The quantitative estimate of drug-likeness (QED) is 0.594. The van der Waals surface area contributed by atoms with Gasteiger partial charge in [-0.05, 0) is 25.0 Å². The molecule has 0 amide bonds. The summed E-state index contributed by atoms with van der Waals surface area (Å²) in [6.45, 7) is 2.07. The van der Waals surface area contributed by atoms with Crippen molar-refractivity contribution in [3.8, 4) is 0 Å². The molecule has 0 saturated carbocycles. The van der Waals surface area contributed by atoms with Crippen LogP contribution in [-0.4, -0.2) is 19.3 Å². The van der Waals surface area contributed by atoms with Crippen molar-refractivity contribution in [2.45, 2.75) is 38.3 Å². The number of nitrogens with two attached hydrogens (primary N) is 1. The van der Waals surface area contributed by atoms with Gasteiger partial charge in [0.25, 0.3) is 0 Å². The van der Waals surface area contributed by atoms with Gasteiger partial charge in [-0.3, -0.25) is 11.3 Å². The lowest BCUT2D eigenvalue weighted by molar-refractivity contribution is 0.0607. The number of nitrogens with one attached hydrogen (secondary N) is 1. The van der Waals surface area contributed by atoms with E-state index in [9.17, 15) is 4.39 Å². The van der Waals surface area contributed by atoms with Gasteiger partial charge in [0.1, 0.15) is 5.82 Å². The topological polar surface area (TPSA) is 47.3 Å². The zero-order chi connectivity index (χ0) is 13.5. The molecular formula is C13H20ClFN2O. The maximum atomic E-state index is 13.7. The van der Waals surface area contributed by atoms with Crippen LogP contribution in [0.15, 0.2) is 18.2 Å². The molecule has 1 aromatic rings. The molecule has 0 aliphatic rings. The predicted octanol–water partition coefficient (Wildman–Crippen LogP) is 2.67. The first-order chi connectivity index (χ1) is 8.63. The van der Waals surface area contributed by atoms with Crippen molar-refractivity contribution >= 4 is 11.6 Å². The van der Waals surface area contributed by atoms with E-state index >= 15 is 0 Å². The molecule has 18 heavy (non-hydrogen) atoms. The molecule has 0 spiro atoms. The molecule has 0 aliphatic heterocycles. The van der Waals surface area contributed by atoms with E-state index in [1.807, 2.05) is 0 Å². The Morgan fingerprint density at radius 2 is 2.22 bits per heavy atom. The Bertz CT molecular complexity index is 356. The lowest BCUT2D eigenvalue weighted by Gasteiger charge is -2.25. The molecule has 0 heterocycles. The molecule has 0 bridgehead atoms. The van der Waals surface area contributed by atoms with E-state index in [1.54, 1.807) is 19.2 Å². The summed E-state index contributed by atoms with van der Waals surface area (Å²) in [6, 6.07) is 4.50. The molecule has 5 heteroatoms. The van der Waals surface area contributed by atoms with Gasteiger partial charge in [-0.1, -0.05) is 31.0 Å². The largest absolute Gasteiger partial charge is 0.380 e. The lowest BCUT2D eigenvalue weighted by Crippen LogP contribution is -2.46. The van der Waals surface area contributed by atoms with Gasteiger partial charge in [0, 0.05) is 17.7 Å². The summed E-state index contributed by atoms with van der Waals surface area (Å²) < 4.78 is 19.1. The first-order valence-corrected chi connectivity index (χ1v) is 6.43. The van der Waals surface area contributed by atoms with Gasteiger partial charge in [-0.2, -0.15) is 0 Å². The van der Waals surface area contributed by atoms with Crippen molar-refractivity contribution in [1.82, 2.24) is 5.43 Å². The van der Waals surface area contributed by atoms with Crippen LogP contribution in [0.4, 0.5) is 4.39 Å². The fourth-order valence-corrected chi connectivity index (χ4v) is 2.25. The first-order valence-electron chi connectivity index (χ1n) is 6.05. The zero-order valence-corrected chi connectivity index (χ0v) is 11.5. The molecule has 0 saturated heterocycles. The summed E-state index contributed by atoms with van der Waals surface area (Å²) in [6.07, 6.45) is 2.18. The van der Waals surface area contributed by atoms with Crippen LogP contribution in [0.3, 0.4) is 0 Å². The number of halogens is 2. The minimum Gasteiger partial charge on any atom is -0.380 e. The molecule has 1 aromatic carbocycles. The first kappa shape index (κ1) is 15.4. The van der Waals surface area contributed by atoms with Crippen molar-refractivity contribution in [1.29, 1.82) is 0 Å². The van der Waals surface area contributed by atoms with Crippen molar-refractivity contribution in [3.05, 3.63) is 34.6 Å². The van der Waals surface area contributed by atoms with Gasteiger partial charge in [-0.25, -0.2) is 4.39 Å². The van der Waals surface area contributed by atoms with Gasteiger partial charge >= 0.3 is 0 Å². The highest BCUT2D eigenvalue weighted by atomic mass is 35.5. The Labute approximate surface area is 112 Å². The fraction of sp³-hybridized carbons (Fsp3) is 0.538. The van der Waals surface area contributed by atoms with Crippen LogP contribution in [0.1, 0.15) is 25.3 Å². The van der Waals surface area contributed by atoms with Crippen LogP contribution in [0.2, 0.25) is 5.02 Å². The second-order valence-electron chi connectivity index (χ2n) is 4.24. The smallest absolute Gasteiger partial charge is 0.127 e. The maximum Gasteiger partial charge on any atom is 0.127 e. The Balaban J connectivity index is 2.85. The summed E-state index contributed by atoms with van der Waals surface area (Å²) in [7, 11) is 1.63. The molecular weight excluding hydrogens is 255 g/mol. The third-order valence-corrected chi connectivity index (χ3v) is 3.38. The van der Waals surface area contributed by atoms with Crippen molar-refractivity contribution in [3.63, 3.8) is 0 Å². The molecule has 2 unspecified atom stereocenters. The standard InChI is InChI=1S/C13H20ClFN2O/c1-3-5-13(18-2)12(17-16)8-9-10(14)6-4-7-11(9)15/h4,6-7,12-13,17H,3,5,8,16H2,1-2H3. The summed E-state index contributed by atoms with van der Waals surface area (Å²) in [5, 5.41) is 0.418. The number of hydrogen-bond acceptors (Lipinski definition) is 3. The van der Waals surface area contributed by atoms with Gasteiger partial charge in [0.05, 0.1) is 12.1 Å². The van der Waals surface area contributed by atoms with Crippen LogP contribution in [0.5, 0.6) is 0 Å². The number of ether oxygens (including phenoxy) is 1. The Hall–Kier alpha value is -0.680. The van der Waals surface area contributed by atoms with Gasteiger partial charge in [-0.15, -0.1) is 0 Å². The lowest BCUT2D eigenvalue weighted by atomic mass is 9.98. The van der Waals surface area contributed by atoms with Crippen molar-refractivity contribution < 1.29 is 9.13 Å². The highest BCUT2D eigenvalue weighted by Crippen LogP contribution is 2.22. The Morgan fingerprint density at radius 3 is 2.72 bits per heavy atom. The van der Waals surface area contributed by atoms with E-state index in [4.69, 9.17) is 22.2 Å². The molecule has 3 N–H and O–H groups in total. The number of rotatable bonds is 7. The second kappa shape index (κ2) is 7.69.